The number of hydrogen-bond donors (Lipinski definition) is 0. The predicted octanol–water partition coefficient (Wildman–Crippen LogP) is 13.4. The number of para-hydroxylation sites is 2. The number of fused-ring (bicyclic) bond motifs is 6. The molecule has 0 unspecified atom stereocenters. The smallest absolute Gasteiger partial charge is 0.143 e. The second kappa shape index (κ2) is 11.5. The first-order valence-corrected chi connectivity index (χ1v) is 17.1. The molecule has 0 aliphatic heterocycles. The standard InChI is InChI=1S/C48H31NO/c1-5-15-32(16-6-1)36-28-40(34-19-9-3-10-20-34)47-43(30-36)44-31-37(33-17-7-2-8-18-33)29-41(48(44)50-47)35-25-26-46-42(27-35)39-23-13-14-24-45(39)49(46)38-21-11-4-12-22-38/h1-31H. The van der Waals surface area contributed by atoms with E-state index in [-0.39, 0.29) is 0 Å². The van der Waals surface area contributed by atoms with Crippen LogP contribution in [0.4, 0.5) is 0 Å². The van der Waals surface area contributed by atoms with Gasteiger partial charge in [-0.25, -0.2) is 0 Å². The Hall–Kier alpha value is -6.64. The molecule has 0 N–H and O–H groups in total. The van der Waals surface area contributed by atoms with Crippen molar-refractivity contribution >= 4 is 43.7 Å². The average molecular weight is 638 g/mol. The summed E-state index contributed by atoms with van der Waals surface area (Å²) in [7, 11) is 0. The van der Waals surface area contributed by atoms with Gasteiger partial charge >= 0.3 is 0 Å². The van der Waals surface area contributed by atoms with Gasteiger partial charge in [-0.15, -0.1) is 0 Å². The Morgan fingerprint density at radius 1 is 0.300 bits per heavy atom. The van der Waals surface area contributed by atoms with Crippen molar-refractivity contribution in [1.29, 1.82) is 0 Å². The molecule has 2 nitrogen and oxygen atoms in total. The highest BCUT2D eigenvalue weighted by Crippen LogP contribution is 2.45. The zero-order valence-corrected chi connectivity index (χ0v) is 27.3. The molecule has 0 fully saturated rings. The Morgan fingerprint density at radius 2 is 0.760 bits per heavy atom. The lowest BCUT2D eigenvalue weighted by molar-refractivity contribution is 0.671. The minimum absolute atomic E-state index is 0.897. The summed E-state index contributed by atoms with van der Waals surface area (Å²) in [5.74, 6) is 0. The van der Waals surface area contributed by atoms with Crippen molar-refractivity contribution < 1.29 is 4.42 Å². The first kappa shape index (κ1) is 28.4. The van der Waals surface area contributed by atoms with Crippen molar-refractivity contribution in [3.05, 3.63) is 188 Å². The Labute approximate surface area is 290 Å². The van der Waals surface area contributed by atoms with Crippen LogP contribution in [0, 0.1) is 0 Å². The molecule has 0 spiro atoms. The van der Waals surface area contributed by atoms with E-state index in [0.29, 0.717) is 0 Å². The molecule has 10 aromatic rings. The van der Waals surface area contributed by atoms with E-state index in [1.54, 1.807) is 0 Å². The van der Waals surface area contributed by atoms with Gasteiger partial charge in [-0.05, 0) is 88.0 Å². The molecule has 0 saturated heterocycles. The van der Waals surface area contributed by atoms with Gasteiger partial charge in [0.2, 0.25) is 0 Å². The first-order valence-electron chi connectivity index (χ1n) is 17.1. The minimum atomic E-state index is 0.897. The van der Waals surface area contributed by atoms with Crippen LogP contribution in [0.15, 0.2) is 192 Å². The summed E-state index contributed by atoms with van der Waals surface area (Å²) < 4.78 is 9.44. The Morgan fingerprint density at radius 3 is 1.36 bits per heavy atom. The van der Waals surface area contributed by atoms with Gasteiger partial charge in [-0.3, -0.25) is 0 Å². The topological polar surface area (TPSA) is 18.1 Å². The van der Waals surface area contributed by atoms with Crippen LogP contribution in [0.25, 0.3) is 93.9 Å². The third kappa shape index (κ3) is 4.57. The summed E-state index contributed by atoms with van der Waals surface area (Å²) in [6.07, 6.45) is 0. The van der Waals surface area contributed by atoms with E-state index >= 15 is 0 Å². The van der Waals surface area contributed by atoms with Gasteiger partial charge in [0.1, 0.15) is 11.2 Å². The van der Waals surface area contributed by atoms with Gasteiger partial charge < -0.3 is 8.98 Å². The zero-order chi connectivity index (χ0) is 33.0. The van der Waals surface area contributed by atoms with Crippen LogP contribution in [0.2, 0.25) is 0 Å². The van der Waals surface area contributed by atoms with Crippen LogP contribution in [-0.2, 0) is 0 Å². The van der Waals surface area contributed by atoms with Crippen LogP contribution >= 0.6 is 0 Å². The Kier molecular flexibility index (Phi) is 6.53. The number of benzene rings is 8. The van der Waals surface area contributed by atoms with Crippen molar-refractivity contribution in [3.63, 3.8) is 0 Å². The third-order valence-electron chi connectivity index (χ3n) is 9.97. The summed E-state index contributed by atoms with van der Waals surface area (Å²) in [4.78, 5) is 0. The van der Waals surface area contributed by atoms with E-state index in [9.17, 15) is 0 Å². The molecule has 234 valence electrons. The zero-order valence-electron chi connectivity index (χ0n) is 27.3. The average Bonchev–Trinajstić information content (AvgIpc) is 3.74. The molecule has 0 radical (unpaired) electrons. The lowest BCUT2D eigenvalue weighted by atomic mass is 9.93. The molecular formula is C48H31NO. The maximum absolute atomic E-state index is 7.07. The summed E-state index contributed by atoms with van der Waals surface area (Å²) in [6.45, 7) is 0. The fourth-order valence-corrected chi connectivity index (χ4v) is 7.62. The summed E-state index contributed by atoms with van der Waals surface area (Å²) >= 11 is 0. The minimum Gasteiger partial charge on any atom is -0.455 e. The highest BCUT2D eigenvalue weighted by atomic mass is 16.3. The van der Waals surface area contributed by atoms with Gasteiger partial charge in [0.15, 0.2) is 0 Å². The van der Waals surface area contributed by atoms with Gasteiger partial charge in [-0.2, -0.15) is 0 Å². The van der Waals surface area contributed by atoms with Crippen LogP contribution < -0.4 is 0 Å². The second-order valence-corrected chi connectivity index (χ2v) is 12.9. The summed E-state index contributed by atoms with van der Waals surface area (Å²) in [5.41, 5.74) is 14.4. The summed E-state index contributed by atoms with van der Waals surface area (Å²) in [6, 6.07) is 67.3. The van der Waals surface area contributed by atoms with Crippen molar-refractivity contribution in [1.82, 2.24) is 4.57 Å². The summed E-state index contributed by atoms with van der Waals surface area (Å²) in [5, 5.41) is 4.67. The Bertz CT molecular complexity index is 2830. The molecular weight excluding hydrogens is 607 g/mol. The molecule has 2 heterocycles. The first-order chi connectivity index (χ1) is 24.8. The molecule has 50 heavy (non-hydrogen) atoms. The maximum Gasteiger partial charge on any atom is 0.143 e. The number of aromatic nitrogens is 1. The van der Waals surface area contributed by atoms with Gasteiger partial charge in [0, 0.05) is 38.4 Å². The Balaban J connectivity index is 1.29. The van der Waals surface area contributed by atoms with Gasteiger partial charge in [0.05, 0.1) is 11.0 Å². The van der Waals surface area contributed by atoms with Crippen molar-refractivity contribution in [2.45, 2.75) is 0 Å². The largest absolute Gasteiger partial charge is 0.455 e. The molecule has 8 aromatic carbocycles. The van der Waals surface area contributed by atoms with Crippen LogP contribution in [0.3, 0.4) is 0 Å². The molecule has 0 amide bonds. The van der Waals surface area contributed by atoms with E-state index in [4.69, 9.17) is 4.42 Å². The lowest BCUT2D eigenvalue weighted by Crippen LogP contribution is -1.92. The number of rotatable bonds is 5. The van der Waals surface area contributed by atoms with Crippen LogP contribution in [0.1, 0.15) is 0 Å². The molecule has 0 aliphatic rings. The highest BCUT2D eigenvalue weighted by Gasteiger charge is 2.21. The number of hydrogen-bond acceptors (Lipinski definition) is 1. The van der Waals surface area contributed by atoms with Crippen molar-refractivity contribution in [2.75, 3.05) is 0 Å². The van der Waals surface area contributed by atoms with E-state index in [0.717, 1.165) is 55.4 Å². The lowest BCUT2D eigenvalue weighted by Gasteiger charge is -2.10. The molecule has 2 heteroatoms. The van der Waals surface area contributed by atoms with Gasteiger partial charge in [0.25, 0.3) is 0 Å². The monoisotopic (exact) mass is 637 g/mol. The van der Waals surface area contributed by atoms with E-state index in [1.807, 2.05) is 0 Å². The van der Waals surface area contributed by atoms with Crippen molar-refractivity contribution in [3.8, 4) is 50.2 Å². The predicted molar refractivity (Wildman–Crippen MR) is 210 cm³/mol. The molecule has 0 saturated carbocycles. The second-order valence-electron chi connectivity index (χ2n) is 12.9. The van der Waals surface area contributed by atoms with Gasteiger partial charge in [-0.1, -0.05) is 133 Å². The molecule has 10 rings (SSSR count). The molecule has 0 aliphatic carbocycles. The SMILES string of the molecule is c1ccc(-c2cc(-c3ccccc3)c3oc4c(-c5ccc6c(c5)c5ccccc5n6-c5ccccc5)cc(-c5ccccc5)cc4c3c2)cc1. The van der Waals surface area contributed by atoms with E-state index in [1.165, 1.54) is 38.5 Å². The number of nitrogens with zero attached hydrogens (tertiary/aromatic N) is 1. The van der Waals surface area contributed by atoms with E-state index in [2.05, 4.69) is 193 Å². The quantitative estimate of drug-likeness (QED) is 0.184. The fraction of sp³-hybridized carbons (Fsp3) is 0. The maximum atomic E-state index is 7.07. The molecule has 2 aromatic heterocycles. The van der Waals surface area contributed by atoms with Crippen LogP contribution in [-0.4, -0.2) is 4.57 Å². The fourth-order valence-electron chi connectivity index (χ4n) is 7.62. The normalized spacial score (nSPS) is 11.6. The molecule has 0 bridgehead atoms. The van der Waals surface area contributed by atoms with E-state index < -0.39 is 0 Å². The number of furan rings is 1. The highest BCUT2D eigenvalue weighted by molar-refractivity contribution is 6.17. The van der Waals surface area contributed by atoms with Crippen molar-refractivity contribution in [2.24, 2.45) is 0 Å². The van der Waals surface area contributed by atoms with Crippen LogP contribution in [0.5, 0.6) is 0 Å². The molecule has 0 atom stereocenters. The third-order valence-corrected chi connectivity index (χ3v) is 9.97.